The lowest BCUT2D eigenvalue weighted by Crippen LogP contribution is -2.52. The van der Waals surface area contributed by atoms with Crippen LogP contribution < -0.4 is 0 Å². The molecule has 1 spiro atoms. The molecule has 1 N–H and O–H groups in total. The van der Waals surface area contributed by atoms with Crippen molar-refractivity contribution in [1.29, 1.82) is 0 Å². The molecule has 0 aliphatic carbocycles. The summed E-state index contributed by atoms with van der Waals surface area (Å²) < 4.78 is 0. The highest BCUT2D eigenvalue weighted by molar-refractivity contribution is 5.94. The van der Waals surface area contributed by atoms with Gasteiger partial charge in [0.05, 0.1) is 0 Å². The van der Waals surface area contributed by atoms with Crippen LogP contribution in [-0.2, 0) is 0 Å². The average Bonchev–Trinajstić information content (AvgIpc) is 3.01. The molecule has 1 atom stereocenters. The number of rotatable bonds is 2. The molecule has 2 aromatic rings. The normalized spacial score (nSPS) is 22.3. The van der Waals surface area contributed by atoms with Crippen molar-refractivity contribution in [3.05, 3.63) is 65.2 Å². The van der Waals surface area contributed by atoms with E-state index in [1.54, 1.807) is 18.2 Å². The minimum absolute atomic E-state index is 0.0770. The number of phenolic OH excluding ortho intramolecular Hbond substituents is 1. The third kappa shape index (κ3) is 3.34. The zero-order chi connectivity index (χ0) is 19.0. The lowest BCUT2D eigenvalue weighted by atomic mass is 9.81. The van der Waals surface area contributed by atoms with Crippen molar-refractivity contribution in [3.8, 4) is 5.75 Å². The Hall–Kier alpha value is -2.33. The van der Waals surface area contributed by atoms with Crippen LogP contribution in [0.4, 0.5) is 0 Å². The predicted molar refractivity (Wildman–Crippen MR) is 107 cm³/mol. The van der Waals surface area contributed by atoms with Crippen LogP contribution in [-0.4, -0.2) is 53.0 Å². The third-order valence-corrected chi connectivity index (χ3v) is 6.63. The molecule has 0 saturated carbocycles. The summed E-state index contributed by atoms with van der Waals surface area (Å²) >= 11 is 0. The minimum Gasteiger partial charge on any atom is -0.508 e. The highest BCUT2D eigenvalue weighted by Crippen LogP contribution is 2.44. The maximum absolute atomic E-state index is 12.9. The number of aromatic hydroxyl groups is 1. The van der Waals surface area contributed by atoms with Crippen molar-refractivity contribution >= 4 is 5.91 Å². The number of likely N-dealkylation sites (N-methyl/N-ethyl adjacent to an activating group) is 1. The molecule has 0 unspecified atom stereocenters. The van der Waals surface area contributed by atoms with Gasteiger partial charge >= 0.3 is 0 Å². The fourth-order valence-electron chi connectivity index (χ4n) is 4.83. The van der Waals surface area contributed by atoms with Gasteiger partial charge in [0.1, 0.15) is 5.75 Å². The van der Waals surface area contributed by atoms with Crippen LogP contribution in [0.25, 0.3) is 0 Å². The second-order valence-electron chi connectivity index (χ2n) is 8.21. The molecule has 2 aliphatic heterocycles. The molecule has 142 valence electrons. The van der Waals surface area contributed by atoms with Crippen molar-refractivity contribution < 1.29 is 9.90 Å². The summed E-state index contributed by atoms with van der Waals surface area (Å²) in [6.07, 6.45) is 3.22. The highest BCUT2D eigenvalue weighted by atomic mass is 16.3. The van der Waals surface area contributed by atoms with Gasteiger partial charge in [-0.1, -0.05) is 30.3 Å². The molecular formula is C23H28N2O2. The third-order valence-electron chi connectivity index (χ3n) is 6.63. The van der Waals surface area contributed by atoms with E-state index in [4.69, 9.17) is 0 Å². The molecule has 27 heavy (non-hydrogen) atoms. The summed E-state index contributed by atoms with van der Waals surface area (Å²) in [4.78, 5) is 17.4. The Morgan fingerprint density at radius 3 is 2.48 bits per heavy atom. The minimum atomic E-state index is 0.0770. The molecule has 0 bridgehead atoms. The van der Waals surface area contributed by atoms with E-state index in [2.05, 4.69) is 42.3 Å². The van der Waals surface area contributed by atoms with E-state index in [0.29, 0.717) is 11.5 Å². The number of phenols is 1. The molecule has 0 aromatic heterocycles. The quantitative estimate of drug-likeness (QED) is 0.882. The van der Waals surface area contributed by atoms with Gasteiger partial charge in [-0.3, -0.25) is 9.69 Å². The Morgan fingerprint density at radius 1 is 1.11 bits per heavy atom. The summed E-state index contributed by atoms with van der Waals surface area (Å²) in [6, 6.07) is 15.9. The smallest absolute Gasteiger partial charge is 0.253 e. The average molecular weight is 364 g/mol. The number of aryl methyl sites for hydroxylation is 1. The van der Waals surface area contributed by atoms with E-state index in [9.17, 15) is 9.90 Å². The molecule has 4 nitrogen and oxygen atoms in total. The number of carbonyl (C=O) groups is 1. The number of hydrogen-bond acceptors (Lipinski definition) is 3. The summed E-state index contributed by atoms with van der Waals surface area (Å²) in [6.45, 7) is 4.51. The maximum atomic E-state index is 12.9. The van der Waals surface area contributed by atoms with E-state index in [1.807, 2.05) is 11.8 Å². The summed E-state index contributed by atoms with van der Waals surface area (Å²) in [7, 11) is 2.24. The van der Waals surface area contributed by atoms with Gasteiger partial charge in [0.15, 0.2) is 0 Å². The van der Waals surface area contributed by atoms with Crippen molar-refractivity contribution in [1.82, 2.24) is 9.80 Å². The largest absolute Gasteiger partial charge is 0.508 e. The van der Waals surface area contributed by atoms with Crippen LogP contribution in [0.3, 0.4) is 0 Å². The summed E-state index contributed by atoms with van der Waals surface area (Å²) in [5, 5.41) is 9.69. The van der Waals surface area contributed by atoms with Crippen LogP contribution in [0.15, 0.2) is 48.5 Å². The van der Waals surface area contributed by atoms with E-state index >= 15 is 0 Å². The van der Waals surface area contributed by atoms with E-state index in [-0.39, 0.29) is 17.2 Å². The molecule has 2 heterocycles. The Kier molecular flexibility index (Phi) is 4.68. The molecular weight excluding hydrogens is 336 g/mol. The van der Waals surface area contributed by atoms with E-state index in [1.165, 1.54) is 12.0 Å². The van der Waals surface area contributed by atoms with Crippen LogP contribution in [0, 0.1) is 6.92 Å². The topological polar surface area (TPSA) is 43.8 Å². The summed E-state index contributed by atoms with van der Waals surface area (Å²) in [5.41, 5.74) is 3.06. The first-order valence-electron chi connectivity index (χ1n) is 9.84. The van der Waals surface area contributed by atoms with Gasteiger partial charge in [0, 0.05) is 30.7 Å². The molecule has 2 aliphatic rings. The first kappa shape index (κ1) is 18.1. The Labute approximate surface area is 161 Å². The van der Waals surface area contributed by atoms with Crippen LogP contribution >= 0.6 is 0 Å². The fourth-order valence-corrected chi connectivity index (χ4v) is 4.83. The first-order chi connectivity index (χ1) is 13.0. The molecule has 2 fully saturated rings. The Balaban J connectivity index is 1.43. The van der Waals surface area contributed by atoms with Crippen molar-refractivity contribution in [2.45, 2.75) is 37.6 Å². The Morgan fingerprint density at radius 2 is 1.81 bits per heavy atom. The molecule has 1 amide bonds. The van der Waals surface area contributed by atoms with E-state index < -0.39 is 0 Å². The second kappa shape index (κ2) is 7.01. The standard InChI is InChI=1S/C23H28N2O2/c1-17-14-19(8-9-21(17)26)22(27)25-12-10-23(11-13-25)15-20(16-24(23)2)18-6-4-3-5-7-18/h3-9,14,20,26H,10-13,15-16H2,1-2H3/t20-/m0/s1. The molecule has 0 radical (unpaired) electrons. The lowest BCUT2D eigenvalue weighted by molar-refractivity contribution is 0.0492. The van der Waals surface area contributed by atoms with Gasteiger partial charge in [0.25, 0.3) is 5.91 Å². The molecule has 4 rings (SSSR count). The van der Waals surface area contributed by atoms with Crippen LogP contribution in [0.5, 0.6) is 5.75 Å². The monoisotopic (exact) mass is 364 g/mol. The predicted octanol–water partition coefficient (Wildman–Crippen LogP) is 3.79. The van der Waals surface area contributed by atoms with Crippen LogP contribution in [0.1, 0.15) is 46.7 Å². The van der Waals surface area contributed by atoms with Gasteiger partial charge in [-0.25, -0.2) is 0 Å². The SMILES string of the molecule is Cc1cc(C(=O)N2CCC3(CC2)C[C@H](c2ccccc2)CN3C)ccc1O. The van der Waals surface area contributed by atoms with Crippen molar-refractivity contribution in [2.75, 3.05) is 26.7 Å². The number of hydrogen-bond donors (Lipinski definition) is 1. The summed E-state index contributed by atoms with van der Waals surface area (Å²) in [5.74, 6) is 0.898. The molecule has 4 heteroatoms. The number of carbonyl (C=O) groups excluding carboxylic acids is 1. The number of likely N-dealkylation sites (tertiary alicyclic amines) is 2. The zero-order valence-corrected chi connectivity index (χ0v) is 16.2. The number of benzene rings is 2. The molecule has 2 aromatic carbocycles. The lowest BCUT2D eigenvalue weighted by Gasteiger charge is -2.43. The molecule has 2 saturated heterocycles. The van der Waals surface area contributed by atoms with Gasteiger partial charge in [-0.2, -0.15) is 0 Å². The number of nitrogens with zero attached hydrogens (tertiary/aromatic N) is 2. The zero-order valence-electron chi connectivity index (χ0n) is 16.2. The second-order valence-corrected chi connectivity index (χ2v) is 8.21. The van der Waals surface area contributed by atoms with Gasteiger partial charge in [0.2, 0.25) is 0 Å². The fraction of sp³-hybridized carbons (Fsp3) is 0.435. The Bertz CT molecular complexity index is 826. The highest BCUT2D eigenvalue weighted by Gasteiger charge is 2.46. The number of amides is 1. The van der Waals surface area contributed by atoms with Crippen molar-refractivity contribution in [2.24, 2.45) is 0 Å². The van der Waals surface area contributed by atoms with Gasteiger partial charge < -0.3 is 10.0 Å². The van der Waals surface area contributed by atoms with Gasteiger partial charge in [-0.15, -0.1) is 0 Å². The van der Waals surface area contributed by atoms with Crippen molar-refractivity contribution in [3.63, 3.8) is 0 Å². The first-order valence-corrected chi connectivity index (χ1v) is 9.84. The van der Waals surface area contributed by atoms with Gasteiger partial charge in [-0.05, 0) is 68.5 Å². The van der Waals surface area contributed by atoms with Crippen LogP contribution in [0.2, 0.25) is 0 Å². The van der Waals surface area contributed by atoms with E-state index in [0.717, 1.165) is 38.0 Å². The number of piperidine rings is 1. The maximum Gasteiger partial charge on any atom is 0.253 e.